The van der Waals surface area contributed by atoms with E-state index >= 15 is 0 Å². The molecule has 23 heavy (non-hydrogen) atoms. The van der Waals surface area contributed by atoms with Crippen molar-refractivity contribution in [3.05, 3.63) is 29.5 Å². The third-order valence-corrected chi connectivity index (χ3v) is 5.40. The Morgan fingerprint density at radius 3 is 2.17 bits per heavy atom. The molecular weight excluding hydrogens is 318 g/mol. The largest absolute Gasteiger partial charge is 0.351 e. The van der Waals surface area contributed by atoms with Crippen LogP contribution < -0.4 is 0 Å². The van der Waals surface area contributed by atoms with Crippen molar-refractivity contribution in [2.24, 2.45) is 0 Å². The summed E-state index contributed by atoms with van der Waals surface area (Å²) in [5, 5.41) is 0.330. The fraction of sp³-hybridized carbons (Fsp3) is 0.333. The molecule has 1 aromatic heterocycles. The van der Waals surface area contributed by atoms with Crippen molar-refractivity contribution >= 4 is 32.6 Å². The molecule has 0 bridgehead atoms. The first-order chi connectivity index (χ1) is 10.6. The fourth-order valence-corrected chi connectivity index (χ4v) is 3.52. The van der Waals surface area contributed by atoms with Gasteiger partial charge in [-0.05, 0) is 18.2 Å². The van der Waals surface area contributed by atoms with E-state index in [2.05, 4.69) is 4.98 Å². The lowest BCUT2D eigenvalue weighted by Gasteiger charge is -2.13. The fourth-order valence-electron chi connectivity index (χ4n) is 2.26. The first-order valence-corrected chi connectivity index (χ1v) is 8.32. The number of nitrogens with one attached hydrogen (secondary N) is 1. The normalized spacial score (nSPS) is 11.9. The van der Waals surface area contributed by atoms with Gasteiger partial charge in [0.05, 0.1) is 0 Å². The second-order valence-corrected chi connectivity index (χ2v) is 7.72. The van der Waals surface area contributed by atoms with Crippen LogP contribution in [0.1, 0.15) is 27.8 Å². The van der Waals surface area contributed by atoms with Crippen LogP contribution in [0.3, 0.4) is 0 Å². The summed E-state index contributed by atoms with van der Waals surface area (Å²) in [6.45, 7) is 1.30. The standard InChI is InChI=1S/C15H19N3O4S/c1-9(19)13-14(23(21,22)18(4)5)11-8-10(15(20)17(2)3)6-7-12(11)16-13/h6-8,16H,1-5H3. The molecule has 0 radical (unpaired) electrons. The molecule has 1 amide bonds. The molecular formula is C15H19N3O4S. The van der Waals surface area contributed by atoms with Crippen LogP contribution in [0.5, 0.6) is 0 Å². The van der Waals surface area contributed by atoms with Gasteiger partial charge in [-0.25, -0.2) is 12.7 Å². The smallest absolute Gasteiger partial charge is 0.253 e. The number of carbonyl (C=O) groups is 2. The maximum atomic E-state index is 12.6. The van der Waals surface area contributed by atoms with E-state index < -0.39 is 10.0 Å². The number of amides is 1. The minimum Gasteiger partial charge on any atom is -0.351 e. The third kappa shape index (κ3) is 2.87. The van der Waals surface area contributed by atoms with Gasteiger partial charge in [0, 0.05) is 51.6 Å². The number of hydrogen-bond acceptors (Lipinski definition) is 4. The monoisotopic (exact) mass is 337 g/mol. The Labute approximate surface area is 134 Å². The van der Waals surface area contributed by atoms with Gasteiger partial charge in [0.25, 0.3) is 5.91 Å². The highest BCUT2D eigenvalue weighted by Gasteiger charge is 2.28. The zero-order chi connectivity index (χ0) is 17.5. The predicted octanol–water partition coefficient (Wildman–Crippen LogP) is 1.32. The van der Waals surface area contributed by atoms with Crippen molar-refractivity contribution in [2.45, 2.75) is 11.8 Å². The van der Waals surface area contributed by atoms with E-state index in [-0.39, 0.29) is 22.3 Å². The van der Waals surface area contributed by atoms with E-state index in [1.54, 1.807) is 26.2 Å². The molecule has 1 heterocycles. The minimum absolute atomic E-state index is 0.0168. The van der Waals surface area contributed by atoms with Gasteiger partial charge in [0.15, 0.2) is 5.78 Å². The molecule has 0 aliphatic carbocycles. The number of hydrogen-bond donors (Lipinski definition) is 1. The van der Waals surface area contributed by atoms with Gasteiger partial charge in [-0.3, -0.25) is 9.59 Å². The van der Waals surface area contributed by atoms with E-state index in [0.717, 1.165) is 4.31 Å². The van der Waals surface area contributed by atoms with Gasteiger partial charge in [-0.1, -0.05) is 0 Å². The van der Waals surface area contributed by atoms with Gasteiger partial charge in [-0.15, -0.1) is 0 Å². The molecule has 2 rings (SSSR count). The van der Waals surface area contributed by atoms with Crippen molar-refractivity contribution in [2.75, 3.05) is 28.2 Å². The molecule has 0 unspecified atom stereocenters. The Morgan fingerprint density at radius 1 is 1.09 bits per heavy atom. The summed E-state index contributed by atoms with van der Waals surface area (Å²) in [6.07, 6.45) is 0. The highest BCUT2D eigenvalue weighted by Crippen LogP contribution is 2.30. The molecule has 1 aromatic carbocycles. The molecule has 8 heteroatoms. The van der Waals surface area contributed by atoms with Crippen LogP contribution >= 0.6 is 0 Å². The number of H-pyrrole nitrogens is 1. The first-order valence-electron chi connectivity index (χ1n) is 6.88. The number of ketones is 1. The quantitative estimate of drug-likeness (QED) is 0.852. The first kappa shape index (κ1) is 17.2. The van der Waals surface area contributed by atoms with Gasteiger partial charge >= 0.3 is 0 Å². The molecule has 2 aromatic rings. The average Bonchev–Trinajstić information content (AvgIpc) is 2.85. The zero-order valence-corrected chi connectivity index (χ0v) is 14.5. The maximum absolute atomic E-state index is 12.6. The number of sulfonamides is 1. The number of aromatic amines is 1. The Kier molecular flexibility index (Phi) is 4.32. The Balaban J connectivity index is 2.86. The van der Waals surface area contributed by atoms with Gasteiger partial charge in [0.2, 0.25) is 10.0 Å². The number of carbonyl (C=O) groups excluding carboxylic acids is 2. The lowest BCUT2D eigenvalue weighted by Crippen LogP contribution is -2.24. The number of nitrogens with zero attached hydrogens (tertiary/aromatic N) is 2. The van der Waals surface area contributed by atoms with Crippen molar-refractivity contribution in [3.63, 3.8) is 0 Å². The molecule has 0 fully saturated rings. The zero-order valence-electron chi connectivity index (χ0n) is 13.7. The average molecular weight is 337 g/mol. The van der Waals surface area contributed by atoms with Crippen molar-refractivity contribution in [3.8, 4) is 0 Å². The number of benzene rings is 1. The molecule has 0 spiro atoms. The second-order valence-electron chi connectivity index (χ2n) is 5.63. The van der Waals surface area contributed by atoms with Crippen LogP contribution in [0, 0.1) is 0 Å². The van der Waals surface area contributed by atoms with E-state index in [9.17, 15) is 18.0 Å². The Morgan fingerprint density at radius 2 is 1.70 bits per heavy atom. The summed E-state index contributed by atoms with van der Waals surface area (Å²) >= 11 is 0. The summed E-state index contributed by atoms with van der Waals surface area (Å²) in [4.78, 5) is 28.1. The predicted molar refractivity (Wildman–Crippen MR) is 87.2 cm³/mol. The molecule has 0 atom stereocenters. The summed E-state index contributed by atoms with van der Waals surface area (Å²) in [5.74, 6) is -0.632. The number of aromatic nitrogens is 1. The molecule has 0 aliphatic heterocycles. The summed E-state index contributed by atoms with van der Waals surface area (Å²) in [7, 11) is 2.18. The van der Waals surface area contributed by atoms with Crippen LogP contribution in [-0.4, -0.2) is 62.5 Å². The molecule has 0 saturated heterocycles. The van der Waals surface area contributed by atoms with Gasteiger partial charge < -0.3 is 9.88 Å². The van der Waals surface area contributed by atoms with Crippen LogP contribution in [0.25, 0.3) is 10.9 Å². The minimum atomic E-state index is -3.84. The van der Waals surface area contributed by atoms with E-state index in [1.165, 1.54) is 32.0 Å². The van der Waals surface area contributed by atoms with E-state index in [0.29, 0.717) is 16.5 Å². The highest BCUT2D eigenvalue weighted by molar-refractivity contribution is 7.89. The van der Waals surface area contributed by atoms with E-state index in [4.69, 9.17) is 0 Å². The Bertz CT molecular complexity index is 895. The maximum Gasteiger partial charge on any atom is 0.253 e. The SMILES string of the molecule is CC(=O)c1[nH]c2ccc(C(=O)N(C)C)cc2c1S(=O)(=O)N(C)C. The molecule has 0 aliphatic rings. The molecule has 7 nitrogen and oxygen atoms in total. The summed E-state index contributed by atoms with van der Waals surface area (Å²) in [5.41, 5.74) is 0.862. The van der Waals surface area contributed by atoms with Crippen LogP contribution in [0.15, 0.2) is 23.1 Å². The number of Topliss-reactive ketones (excluding diaryl/α,β-unsaturated/α-hetero) is 1. The van der Waals surface area contributed by atoms with Crippen LogP contribution in [-0.2, 0) is 10.0 Å². The number of rotatable bonds is 4. The summed E-state index contributed by atoms with van der Waals surface area (Å²) < 4.78 is 26.3. The lowest BCUT2D eigenvalue weighted by atomic mass is 10.1. The van der Waals surface area contributed by atoms with Crippen molar-refractivity contribution in [1.82, 2.24) is 14.2 Å². The molecule has 124 valence electrons. The van der Waals surface area contributed by atoms with E-state index in [1.807, 2.05) is 0 Å². The Hall–Kier alpha value is -2.19. The van der Waals surface area contributed by atoms with Crippen molar-refractivity contribution in [1.29, 1.82) is 0 Å². The summed E-state index contributed by atoms with van der Waals surface area (Å²) in [6, 6.07) is 4.70. The number of fused-ring (bicyclic) bond motifs is 1. The second kappa shape index (κ2) is 5.78. The van der Waals surface area contributed by atoms with Gasteiger partial charge in [-0.2, -0.15) is 0 Å². The molecule has 1 N–H and O–H groups in total. The third-order valence-electron chi connectivity index (χ3n) is 3.49. The van der Waals surface area contributed by atoms with Crippen LogP contribution in [0.4, 0.5) is 0 Å². The van der Waals surface area contributed by atoms with Crippen LogP contribution in [0.2, 0.25) is 0 Å². The lowest BCUT2D eigenvalue weighted by molar-refractivity contribution is 0.0827. The molecule has 0 saturated carbocycles. The van der Waals surface area contributed by atoms with Crippen molar-refractivity contribution < 1.29 is 18.0 Å². The highest BCUT2D eigenvalue weighted by atomic mass is 32.2. The topological polar surface area (TPSA) is 90.5 Å². The van der Waals surface area contributed by atoms with Gasteiger partial charge in [0.1, 0.15) is 10.6 Å².